The molecule has 1 heterocycles. The second kappa shape index (κ2) is 6.63. The molecule has 0 fully saturated rings. The highest BCUT2D eigenvalue weighted by molar-refractivity contribution is 7.99. The van der Waals surface area contributed by atoms with Crippen LogP contribution in [-0.4, -0.2) is 16.6 Å². The lowest BCUT2D eigenvalue weighted by Gasteiger charge is -2.09. The minimum atomic E-state index is -0.0982. The van der Waals surface area contributed by atoms with Crippen LogP contribution in [0.2, 0.25) is 5.02 Å². The van der Waals surface area contributed by atoms with Gasteiger partial charge in [0.25, 0.3) is 0 Å². The molecule has 3 N–H and O–H groups in total. The van der Waals surface area contributed by atoms with Gasteiger partial charge in [-0.1, -0.05) is 29.4 Å². The number of rotatable bonds is 4. The Kier molecular flexibility index (Phi) is 4.87. The summed E-state index contributed by atoms with van der Waals surface area (Å²) in [6.45, 7) is 1.87. The highest BCUT2D eigenvalue weighted by Crippen LogP contribution is 2.23. The van der Waals surface area contributed by atoms with Gasteiger partial charge >= 0.3 is 0 Å². The summed E-state index contributed by atoms with van der Waals surface area (Å²) in [7, 11) is 0. The Balaban J connectivity index is 1.92. The molecular weight excluding hydrogens is 294 g/mol. The monoisotopic (exact) mass is 307 g/mol. The number of anilines is 2. The first-order valence-electron chi connectivity index (χ1n) is 5.95. The van der Waals surface area contributed by atoms with E-state index in [0.717, 1.165) is 16.3 Å². The summed E-state index contributed by atoms with van der Waals surface area (Å²) in [6.07, 6.45) is 1.57. The highest BCUT2D eigenvalue weighted by Gasteiger charge is 2.07. The van der Waals surface area contributed by atoms with Gasteiger partial charge in [-0.15, -0.1) is 0 Å². The van der Waals surface area contributed by atoms with Crippen molar-refractivity contribution in [3.05, 3.63) is 47.1 Å². The number of nitrogen functional groups attached to an aromatic ring is 1. The molecule has 0 aliphatic rings. The Hall–Kier alpha value is -1.72. The number of carbonyl (C=O) groups excluding carboxylic acids is 1. The van der Waals surface area contributed by atoms with Gasteiger partial charge in [-0.3, -0.25) is 4.79 Å². The maximum absolute atomic E-state index is 11.9. The van der Waals surface area contributed by atoms with E-state index in [1.807, 2.05) is 13.0 Å². The zero-order valence-electron chi connectivity index (χ0n) is 10.9. The van der Waals surface area contributed by atoms with Crippen LogP contribution in [0.25, 0.3) is 0 Å². The second-order valence-corrected chi connectivity index (χ2v) is 5.58. The zero-order valence-corrected chi connectivity index (χ0v) is 12.5. The van der Waals surface area contributed by atoms with Gasteiger partial charge in [0.05, 0.1) is 22.7 Å². The standard InChI is InChI=1S/C14H14ClN3OS/c1-9-11(15)3-2-4-12(9)18-13(19)8-20-14-6-5-10(16)7-17-14/h2-7H,8,16H2,1H3,(H,18,19). The molecule has 1 amide bonds. The Labute approximate surface area is 126 Å². The minimum absolute atomic E-state index is 0.0982. The first-order chi connectivity index (χ1) is 9.56. The van der Waals surface area contributed by atoms with Crippen LogP contribution in [-0.2, 0) is 4.79 Å². The van der Waals surface area contributed by atoms with Gasteiger partial charge in [-0.05, 0) is 36.8 Å². The lowest BCUT2D eigenvalue weighted by Crippen LogP contribution is -2.15. The molecule has 0 spiro atoms. The van der Waals surface area contributed by atoms with Crippen molar-refractivity contribution < 1.29 is 4.79 Å². The van der Waals surface area contributed by atoms with E-state index in [2.05, 4.69) is 10.3 Å². The van der Waals surface area contributed by atoms with Crippen LogP contribution < -0.4 is 11.1 Å². The van der Waals surface area contributed by atoms with Gasteiger partial charge in [0.2, 0.25) is 5.91 Å². The first kappa shape index (κ1) is 14.7. The van der Waals surface area contributed by atoms with Crippen LogP contribution in [0.3, 0.4) is 0 Å². The maximum atomic E-state index is 11.9. The predicted molar refractivity (Wildman–Crippen MR) is 84.2 cm³/mol. The molecule has 0 atom stereocenters. The molecular formula is C14H14ClN3OS. The van der Waals surface area contributed by atoms with Crippen molar-refractivity contribution in [1.29, 1.82) is 0 Å². The van der Waals surface area contributed by atoms with E-state index in [-0.39, 0.29) is 11.7 Å². The summed E-state index contributed by atoms with van der Waals surface area (Å²) in [5.74, 6) is 0.182. The van der Waals surface area contributed by atoms with Crippen molar-refractivity contribution in [2.45, 2.75) is 11.9 Å². The number of aromatic nitrogens is 1. The Morgan fingerprint density at radius 1 is 1.40 bits per heavy atom. The molecule has 0 radical (unpaired) electrons. The topological polar surface area (TPSA) is 68.0 Å². The largest absolute Gasteiger partial charge is 0.397 e. The van der Waals surface area contributed by atoms with E-state index in [4.69, 9.17) is 17.3 Å². The van der Waals surface area contributed by atoms with E-state index in [1.54, 1.807) is 30.5 Å². The number of amides is 1. The van der Waals surface area contributed by atoms with E-state index < -0.39 is 0 Å². The summed E-state index contributed by atoms with van der Waals surface area (Å²) < 4.78 is 0. The lowest BCUT2D eigenvalue weighted by molar-refractivity contribution is -0.113. The van der Waals surface area contributed by atoms with Gasteiger partial charge in [-0.2, -0.15) is 0 Å². The van der Waals surface area contributed by atoms with Crippen LogP contribution in [0.5, 0.6) is 0 Å². The number of nitrogens with zero attached hydrogens (tertiary/aromatic N) is 1. The number of nitrogens with two attached hydrogens (primary N) is 1. The smallest absolute Gasteiger partial charge is 0.234 e. The Morgan fingerprint density at radius 3 is 2.90 bits per heavy atom. The van der Waals surface area contributed by atoms with E-state index in [0.29, 0.717) is 10.7 Å². The summed E-state index contributed by atoms with van der Waals surface area (Å²) in [5, 5.41) is 4.23. The quantitative estimate of drug-likeness (QED) is 0.850. The number of halogens is 1. The SMILES string of the molecule is Cc1c(Cl)cccc1NC(=O)CSc1ccc(N)cn1. The first-order valence-corrected chi connectivity index (χ1v) is 7.32. The summed E-state index contributed by atoms with van der Waals surface area (Å²) >= 11 is 7.36. The molecule has 0 saturated heterocycles. The van der Waals surface area contributed by atoms with Crippen LogP contribution in [0.15, 0.2) is 41.6 Å². The number of carbonyl (C=O) groups is 1. The molecule has 0 aliphatic heterocycles. The summed E-state index contributed by atoms with van der Waals surface area (Å²) in [6, 6.07) is 8.97. The van der Waals surface area contributed by atoms with E-state index >= 15 is 0 Å². The van der Waals surface area contributed by atoms with Crippen molar-refractivity contribution in [2.24, 2.45) is 0 Å². The lowest BCUT2D eigenvalue weighted by atomic mass is 10.2. The average molecular weight is 308 g/mol. The molecule has 2 aromatic rings. The van der Waals surface area contributed by atoms with Gasteiger partial charge in [0, 0.05) is 10.7 Å². The fourth-order valence-electron chi connectivity index (χ4n) is 1.55. The Bertz CT molecular complexity index is 616. The summed E-state index contributed by atoms with van der Waals surface area (Å²) in [4.78, 5) is 16.0. The van der Waals surface area contributed by atoms with Crippen molar-refractivity contribution in [2.75, 3.05) is 16.8 Å². The fraction of sp³-hybridized carbons (Fsp3) is 0.143. The number of nitrogens with one attached hydrogen (secondary N) is 1. The fourth-order valence-corrected chi connectivity index (χ4v) is 2.36. The number of thioether (sulfide) groups is 1. The summed E-state index contributed by atoms with van der Waals surface area (Å²) in [5.41, 5.74) is 7.75. The third-order valence-electron chi connectivity index (χ3n) is 2.65. The molecule has 4 nitrogen and oxygen atoms in total. The molecule has 20 heavy (non-hydrogen) atoms. The van der Waals surface area contributed by atoms with E-state index in [1.165, 1.54) is 11.8 Å². The van der Waals surface area contributed by atoms with Crippen molar-refractivity contribution in [3.8, 4) is 0 Å². The second-order valence-electron chi connectivity index (χ2n) is 4.18. The van der Waals surface area contributed by atoms with E-state index in [9.17, 15) is 4.79 Å². The maximum Gasteiger partial charge on any atom is 0.234 e. The number of pyridine rings is 1. The molecule has 1 aromatic heterocycles. The molecule has 6 heteroatoms. The van der Waals surface area contributed by atoms with Crippen LogP contribution in [0.1, 0.15) is 5.56 Å². The molecule has 0 bridgehead atoms. The van der Waals surface area contributed by atoms with Crippen LogP contribution >= 0.6 is 23.4 Å². The van der Waals surface area contributed by atoms with Crippen molar-refractivity contribution in [3.63, 3.8) is 0 Å². The normalized spacial score (nSPS) is 10.3. The van der Waals surface area contributed by atoms with Crippen LogP contribution in [0.4, 0.5) is 11.4 Å². The van der Waals surface area contributed by atoms with Gasteiger partial charge < -0.3 is 11.1 Å². The van der Waals surface area contributed by atoms with Crippen LogP contribution in [0, 0.1) is 6.92 Å². The molecule has 2 rings (SSSR count). The van der Waals surface area contributed by atoms with Gasteiger partial charge in [0.15, 0.2) is 0 Å². The van der Waals surface area contributed by atoms with Gasteiger partial charge in [-0.25, -0.2) is 4.98 Å². The third-order valence-corrected chi connectivity index (χ3v) is 4.01. The highest BCUT2D eigenvalue weighted by atomic mass is 35.5. The van der Waals surface area contributed by atoms with Crippen molar-refractivity contribution >= 4 is 40.6 Å². The van der Waals surface area contributed by atoms with Gasteiger partial charge in [0.1, 0.15) is 0 Å². The van der Waals surface area contributed by atoms with Crippen molar-refractivity contribution in [1.82, 2.24) is 4.98 Å². The average Bonchev–Trinajstić information content (AvgIpc) is 2.43. The predicted octanol–water partition coefficient (Wildman–Crippen LogP) is 3.36. The zero-order chi connectivity index (χ0) is 14.5. The number of hydrogen-bond acceptors (Lipinski definition) is 4. The molecule has 0 unspecified atom stereocenters. The minimum Gasteiger partial charge on any atom is -0.397 e. The molecule has 0 saturated carbocycles. The Morgan fingerprint density at radius 2 is 2.20 bits per heavy atom. The molecule has 0 aliphatic carbocycles. The molecule has 1 aromatic carbocycles. The third kappa shape index (κ3) is 3.88. The number of hydrogen-bond donors (Lipinski definition) is 2. The molecule has 104 valence electrons. The number of benzene rings is 1.